The Morgan fingerprint density at radius 3 is 2.21 bits per heavy atom. The molecule has 0 aliphatic carbocycles. The summed E-state index contributed by atoms with van der Waals surface area (Å²) >= 11 is 5.93. The summed E-state index contributed by atoms with van der Waals surface area (Å²) < 4.78 is 14.2. The lowest BCUT2D eigenvalue weighted by molar-refractivity contribution is 0.285. The third-order valence-electron chi connectivity index (χ3n) is 5.68. The minimum atomic E-state index is 0.129. The second kappa shape index (κ2) is 10.3. The number of unbranched alkanes of at least 4 members (excludes halogenated alkanes) is 1. The molecule has 4 aromatic rings. The van der Waals surface area contributed by atoms with Gasteiger partial charge in [-0.1, -0.05) is 56.6 Å². The summed E-state index contributed by atoms with van der Waals surface area (Å²) in [6.07, 6.45) is 1.94. The van der Waals surface area contributed by atoms with Crippen molar-refractivity contribution in [3.63, 3.8) is 0 Å². The molecule has 0 bridgehead atoms. The van der Waals surface area contributed by atoms with Gasteiger partial charge in [-0.15, -0.1) is 0 Å². The van der Waals surface area contributed by atoms with Crippen LogP contribution in [-0.4, -0.2) is 16.2 Å². The number of benzene rings is 3. The Morgan fingerprint density at radius 1 is 0.818 bits per heavy atom. The largest absolute Gasteiger partial charge is 0.494 e. The molecule has 0 unspecified atom stereocenters. The Labute approximate surface area is 201 Å². The van der Waals surface area contributed by atoms with E-state index >= 15 is 0 Å². The maximum atomic E-state index is 6.11. The van der Waals surface area contributed by atoms with Gasteiger partial charge >= 0.3 is 0 Å². The van der Waals surface area contributed by atoms with Gasteiger partial charge in [-0.25, -0.2) is 4.98 Å². The van der Waals surface area contributed by atoms with Crippen molar-refractivity contribution in [2.45, 2.75) is 52.2 Å². The van der Waals surface area contributed by atoms with Crippen molar-refractivity contribution >= 4 is 22.6 Å². The number of ether oxygens (including phenoxy) is 2. The van der Waals surface area contributed by atoms with Crippen molar-refractivity contribution in [1.82, 2.24) is 9.55 Å². The van der Waals surface area contributed by atoms with Crippen molar-refractivity contribution in [1.29, 1.82) is 0 Å². The van der Waals surface area contributed by atoms with Gasteiger partial charge in [0.15, 0.2) is 0 Å². The first-order valence-corrected chi connectivity index (χ1v) is 11.8. The van der Waals surface area contributed by atoms with Gasteiger partial charge < -0.3 is 14.0 Å². The number of hydrogen-bond donors (Lipinski definition) is 0. The van der Waals surface area contributed by atoms with Gasteiger partial charge in [0.1, 0.15) is 23.9 Å². The third kappa shape index (κ3) is 6.08. The predicted octanol–water partition coefficient (Wildman–Crippen LogP) is 7.43. The lowest BCUT2D eigenvalue weighted by Crippen LogP contribution is -2.11. The number of nitrogens with zero attached hydrogens (tertiary/aromatic N) is 2. The first kappa shape index (κ1) is 23.2. The molecule has 0 aliphatic rings. The van der Waals surface area contributed by atoms with E-state index in [9.17, 15) is 0 Å². The minimum absolute atomic E-state index is 0.129. The van der Waals surface area contributed by atoms with Crippen molar-refractivity contribution in [2.75, 3.05) is 6.61 Å². The number of imidazole rings is 1. The molecule has 1 aromatic heterocycles. The minimum Gasteiger partial charge on any atom is -0.494 e. The number of aromatic nitrogens is 2. The lowest BCUT2D eigenvalue weighted by atomic mass is 9.87. The molecule has 4 nitrogen and oxygen atoms in total. The number of halogens is 1. The number of fused-ring (bicyclic) bond motifs is 1. The normalized spacial score (nSPS) is 11.6. The van der Waals surface area contributed by atoms with Crippen molar-refractivity contribution < 1.29 is 9.47 Å². The number of hydrogen-bond acceptors (Lipinski definition) is 3. The van der Waals surface area contributed by atoms with Gasteiger partial charge in [0.25, 0.3) is 0 Å². The van der Waals surface area contributed by atoms with Gasteiger partial charge in [0, 0.05) is 11.6 Å². The second-order valence-electron chi connectivity index (χ2n) is 9.24. The Balaban J connectivity index is 1.37. The van der Waals surface area contributed by atoms with Crippen LogP contribution in [0.25, 0.3) is 11.0 Å². The van der Waals surface area contributed by atoms with Gasteiger partial charge in [0.2, 0.25) is 0 Å². The summed E-state index contributed by atoms with van der Waals surface area (Å²) in [5.41, 5.74) is 3.56. The molecule has 1 heterocycles. The van der Waals surface area contributed by atoms with Gasteiger partial charge in [-0.2, -0.15) is 0 Å². The highest BCUT2D eigenvalue weighted by atomic mass is 35.5. The summed E-state index contributed by atoms with van der Waals surface area (Å²) in [5.74, 6) is 2.65. The van der Waals surface area contributed by atoms with E-state index in [0.717, 1.165) is 47.7 Å². The van der Waals surface area contributed by atoms with E-state index in [4.69, 9.17) is 26.1 Å². The van der Waals surface area contributed by atoms with E-state index in [-0.39, 0.29) is 5.41 Å². The molecule has 0 spiro atoms. The zero-order valence-corrected chi connectivity index (χ0v) is 20.3. The summed E-state index contributed by atoms with van der Waals surface area (Å²) in [6, 6.07) is 24.1. The average molecular weight is 463 g/mol. The molecule has 0 aliphatic heterocycles. The van der Waals surface area contributed by atoms with Crippen LogP contribution in [0.4, 0.5) is 0 Å². The summed E-state index contributed by atoms with van der Waals surface area (Å²) in [5, 5.41) is 0.717. The number of aryl methyl sites for hydroxylation is 1. The molecule has 0 amide bonds. The monoisotopic (exact) mass is 462 g/mol. The van der Waals surface area contributed by atoms with Crippen LogP contribution in [0.15, 0.2) is 72.8 Å². The lowest BCUT2D eigenvalue weighted by Gasteiger charge is -2.19. The highest BCUT2D eigenvalue weighted by molar-refractivity contribution is 6.30. The van der Waals surface area contributed by atoms with Crippen LogP contribution in [0.3, 0.4) is 0 Å². The number of rotatable bonds is 9. The van der Waals surface area contributed by atoms with E-state index < -0.39 is 0 Å². The first-order chi connectivity index (χ1) is 15.9. The van der Waals surface area contributed by atoms with Gasteiger partial charge in [0.05, 0.1) is 17.6 Å². The summed E-state index contributed by atoms with van der Waals surface area (Å²) in [4.78, 5) is 4.83. The highest BCUT2D eigenvalue weighted by Gasteiger charge is 2.14. The molecule has 3 aromatic carbocycles. The van der Waals surface area contributed by atoms with E-state index in [2.05, 4.69) is 55.7 Å². The van der Waals surface area contributed by atoms with Crippen LogP contribution in [0.1, 0.15) is 45.0 Å². The highest BCUT2D eigenvalue weighted by Crippen LogP contribution is 2.25. The summed E-state index contributed by atoms with van der Waals surface area (Å²) in [6.45, 7) is 8.61. The van der Waals surface area contributed by atoms with Crippen LogP contribution in [0, 0.1) is 0 Å². The standard InChI is InChI=1S/C28H31ClN2O2/c1-28(2,3)21-10-14-24(15-11-21)33-20-27-30-25-8-4-5-9-26(25)31(27)18-6-7-19-32-23-16-12-22(29)13-17-23/h4-5,8-17H,6-7,18-20H2,1-3H3. The molecule has 0 radical (unpaired) electrons. The molecular weight excluding hydrogens is 432 g/mol. The SMILES string of the molecule is CC(C)(C)c1ccc(OCc2nc3ccccc3n2CCCCOc2ccc(Cl)cc2)cc1. The molecule has 0 saturated heterocycles. The molecule has 0 atom stereocenters. The second-order valence-corrected chi connectivity index (χ2v) is 9.68. The maximum absolute atomic E-state index is 6.11. The van der Waals surface area contributed by atoms with Gasteiger partial charge in [-0.3, -0.25) is 0 Å². The van der Waals surface area contributed by atoms with Crippen LogP contribution >= 0.6 is 11.6 Å². The number of para-hydroxylation sites is 2. The quantitative estimate of drug-likeness (QED) is 0.243. The Morgan fingerprint density at radius 2 is 1.48 bits per heavy atom. The van der Waals surface area contributed by atoms with E-state index in [1.807, 2.05) is 42.5 Å². The maximum Gasteiger partial charge on any atom is 0.147 e. The van der Waals surface area contributed by atoms with Gasteiger partial charge in [-0.05, 0) is 72.4 Å². The molecular formula is C28H31ClN2O2. The van der Waals surface area contributed by atoms with Crippen LogP contribution < -0.4 is 9.47 Å². The zero-order chi connectivity index (χ0) is 23.3. The fourth-order valence-electron chi connectivity index (χ4n) is 3.78. The fourth-order valence-corrected chi connectivity index (χ4v) is 3.90. The van der Waals surface area contributed by atoms with Crippen LogP contribution in [0.5, 0.6) is 11.5 Å². The Kier molecular flexibility index (Phi) is 7.24. The van der Waals surface area contributed by atoms with Crippen LogP contribution in [-0.2, 0) is 18.6 Å². The molecule has 33 heavy (non-hydrogen) atoms. The average Bonchev–Trinajstić information content (AvgIpc) is 3.16. The van der Waals surface area contributed by atoms with Crippen molar-refractivity contribution in [3.8, 4) is 11.5 Å². The van der Waals surface area contributed by atoms with E-state index in [1.165, 1.54) is 5.56 Å². The van der Waals surface area contributed by atoms with Crippen molar-refractivity contribution in [3.05, 3.63) is 89.2 Å². The molecule has 172 valence electrons. The first-order valence-electron chi connectivity index (χ1n) is 11.5. The third-order valence-corrected chi connectivity index (χ3v) is 5.93. The summed E-state index contributed by atoms with van der Waals surface area (Å²) in [7, 11) is 0. The molecule has 0 fully saturated rings. The van der Waals surface area contributed by atoms with E-state index in [0.29, 0.717) is 18.2 Å². The Hall–Kier alpha value is -2.98. The topological polar surface area (TPSA) is 36.3 Å². The van der Waals surface area contributed by atoms with Crippen molar-refractivity contribution in [2.24, 2.45) is 0 Å². The molecule has 0 saturated carbocycles. The van der Waals surface area contributed by atoms with Crippen LogP contribution in [0.2, 0.25) is 5.02 Å². The molecule has 4 rings (SSSR count). The smallest absolute Gasteiger partial charge is 0.147 e. The zero-order valence-electron chi connectivity index (χ0n) is 19.6. The predicted molar refractivity (Wildman–Crippen MR) is 135 cm³/mol. The molecule has 0 N–H and O–H groups in total. The fraction of sp³-hybridized carbons (Fsp3) is 0.321. The molecule has 5 heteroatoms. The van der Waals surface area contributed by atoms with E-state index in [1.54, 1.807) is 0 Å². The Bertz CT molecular complexity index is 1180.